The molecule has 1 rings (SSSR count). The summed E-state index contributed by atoms with van der Waals surface area (Å²) in [4.78, 5) is 0. The minimum atomic E-state index is 0.0720. The number of benzene rings is 1. The summed E-state index contributed by atoms with van der Waals surface area (Å²) in [6.07, 6.45) is 1.17. The lowest BCUT2D eigenvalue weighted by Crippen LogP contribution is -2.22. The van der Waals surface area contributed by atoms with Crippen molar-refractivity contribution in [2.45, 2.75) is 19.3 Å². The van der Waals surface area contributed by atoms with Gasteiger partial charge in [0.15, 0.2) is 0 Å². The van der Waals surface area contributed by atoms with Crippen molar-refractivity contribution in [2.75, 3.05) is 11.5 Å². The normalized spacial score (nSPS) is 12.3. The van der Waals surface area contributed by atoms with Crippen molar-refractivity contribution in [3.63, 3.8) is 0 Å². The first-order chi connectivity index (χ1) is 7.25. The summed E-state index contributed by atoms with van der Waals surface area (Å²) >= 11 is 1.86. The Morgan fingerprint density at radius 1 is 1.40 bits per heavy atom. The van der Waals surface area contributed by atoms with Gasteiger partial charge in [0.2, 0.25) is 0 Å². The third-order valence-corrected chi connectivity index (χ3v) is 3.48. The molecule has 0 saturated carbocycles. The summed E-state index contributed by atoms with van der Waals surface area (Å²) in [6.45, 7) is 2.16. The molecule has 0 aliphatic carbocycles. The second-order valence-electron chi connectivity index (χ2n) is 3.49. The van der Waals surface area contributed by atoms with Gasteiger partial charge in [-0.25, -0.2) is 0 Å². The molecular weight excluding hydrogens is 204 g/mol. The van der Waals surface area contributed by atoms with Crippen molar-refractivity contribution < 1.29 is 0 Å². The molecule has 0 heterocycles. The van der Waals surface area contributed by atoms with E-state index in [0.29, 0.717) is 0 Å². The van der Waals surface area contributed by atoms with Crippen LogP contribution in [0.1, 0.15) is 24.8 Å². The van der Waals surface area contributed by atoms with Crippen LogP contribution in [0.5, 0.6) is 0 Å². The van der Waals surface area contributed by atoms with Crippen LogP contribution in [-0.2, 0) is 0 Å². The molecule has 0 aliphatic heterocycles. The van der Waals surface area contributed by atoms with E-state index in [1.54, 1.807) is 0 Å². The van der Waals surface area contributed by atoms with E-state index < -0.39 is 0 Å². The van der Waals surface area contributed by atoms with Crippen molar-refractivity contribution in [3.05, 3.63) is 35.9 Å². The van der Waals surface area contributed by atoms with E-state index in [1.165, 1.54) is 6.42 Å². The zero-order valence-corrected chi connectivity index (χ0v) is 9.89. The molecule has 0 aliphatic rings. The summed E-state index contributed by atoms with van der Waals surface area (Å²) < 4.78 is 0. The van der Waals surface area contributed by atoms with Gasteiger partial charge in [-0.2, -0.15) is 11.8 Å². The fourth-order valence-electron chi connectivity index (χ4n) is 1.40. The van der Waals surface area contributed by atoms with Crippen LogP contribution in [0.4, 0.5) is 0 Å². The van der Waals surface area contributed by atoms with Crippen LogP contribution >= 0.6 is 11.8 Å². The zero-order valence-electron chi connectivity index (χ0n) is 9.07. The Bertz CT molecular complexity index is 298. The lowest BCUT2D eigenvalue weighted by molar-refractivity contribution is 1.00. The summed E-state index contributed by atoms with van der Waals surface area (Å²) in [7, 11) is 0. The van der Waals surface area contributed by atoms with Gasteiger partial charge < -0.3 is 5.73 Å². The second kappa shape index (κ2) is 6.51. The van der Waals surface area contributed by atoms with Crippen LogP contribution in [0, 0.1) is 5.41 Å². The highest BCUT2D eigenvalue weighted by Crippen LogP contribution is 2.20. The lowest BCUT2D eigenvalue weighted by atomic mass is 10.0. The first-order valence-electron chi connectivity index (χ1n) is 5.22. The molecule has 1 aromatic carbocycles. The number of thioether (sulfide) groups is 1. The molecule has 0 aromatic heterocycles. The van der Waals surface area contributed by atoms with Crippen LogP contribution in [0.2, 0.25) is 0 Å². The average Bonchev–Trinajstić information content (AvgIpc) is 2.25. The number of nitrogens with two attached hydrogens (primary N) is 1. The molecule has 1 atom stereocenters. The summed E-state index contributed by atoms with van der Waals surface area (Å²) in [5.41, 5.74) is 6.77. The Morgan fingerprint density at radius 2 is 2.07 bits per heavy atom. The molecular formula is C12H18N2S. The van der Waals surface area contributed by atoms with Gasteiger partial charge in [-0.05, 0) is 17.7 Å². The number of hydrogen-bond donors (Lipinski definition) is 2. The van der Waals surface area contributed by atoms with E-state index in [9.17, 15) is 0 Å². The standard InChI is InChI=1S/C12H18N2S/c1-2-8-15-9-11(12(13)14)10-6-4-3-5-7-10/h3-7,11H,2,8-9H2,1H3,(H3,13,14). The van der Waals surface area contributed by atoms with Crippen LogP contribution in [-0.4, -0.2) is 17.3 Å². The molecule has 1 aromatic rings. The van der Waals surface area contributed by atoms with Gasteiger partial charge in [0.25, 0.3) is 0 Å². The molecule has 0 amide bonds. The van der Waals surface area contributed by atoms with E-state index in [2.05, 4.69) is 6.92 Å². The minimum Gasteiger partial charge on any atom is -0.387 e. The van der Waals surface area contributed by atoms with Gasteiger partial charge in [0.1, 0.15) is 0 Å². The SMILES string of the molecule is CCCSCC(C(=N)N)c1ccccc1. The van der Waals surface area contributed by atoms with Gasteiger partial charge >= 0.3 is 0 Å². The Hall–Kier alpha value is -0.960. The number of rotatable bonds is 6. The van der Waals surface area contributed by atoms with Crippen LogP contribution in [0.3, 0.4) is 0 Å². The third kappa shape index (κ3) is 3.96. The Morgan fingerprint density at radius 3 is 2.60 bits per heavy atom. The highest BCUT2D eigenvalue weighted by atomic mass is 32.2. The maximum Gasteiger partial charge on any atom is 0.0990 e. The van der Waals surface area contributed by atoms with E-state index in [1.807, 2.05) is 42.1 Å². The lowest BCUT2D eigenvalue weighted by Gasteiger charge is -2.15. The van der Waals surface area contributed by atoms with Crippen LogP contribution < -0.4 is 5.73 Å². The third-order valence-electron chi connectivity index (χ3n) is 2.21. The Kier molecular flexibility index (Phi) is 5.26. The first kappa shape index (κ1) is 12.1. The topological polar surface area (TPSA) is 49.9 Å². The fraction of sp³-hybridized carbons (Fsp3) is 0.417. The summed E-state index contributed by atoms with van der Waals surface area (Å²) in [5, 5.41) is 7.59. The fourth-order valence-corrected chi connectivity index (χ4v) is 2.46. The second-order valence-corrected chi connectivity index (χ2v) is 4.64. The molecule has 0 saturated heterocycles. The highest BCUT2D eigenvalue weighted by molar-refractivity contribution is 7.99. The number of nitrogens with one attached hydrogen (secondary N) is 1. The minimum absolute atomic E-state index is 0.0720. The van der Waals surface area contributed by atoms with Crippen molar-refractivity contribution in [1.82, 2.24) is 0 Å². The summed E-state index contributed by atoms with van der Waals surface area (Å²) in [6, 6.07) is 10.1. The maximum absolute atomic E-state index is 7.59. The van der Waals surface area contributed by atoms with Gasteiger partial charge in [0, 0.05) is 11.7 Å². The van der Waals surface area contributed by atoms with E-state index in [0.717, 1.165) is 17.1 Å². The van der Waals surface area contributed by atoms with Crippen molar-refractivity contribution in [3.8, 4) is 0 Å². The summed E-state index contributed by atoms with van der Waals surface area (Å²) in [5.74, 6) is 2.39. The van der Waals surface area contributed by atoms with Crippen molar-refractivity contribution >= 4 is 17.6 Å². The molecule has 0 radical (unpaired) electrons. The molecule has 3 N–H and O–H groups in total. The molecule has 82 valence electrons. The van der Waals surface area contributed by atoms with E-state index >= 15 is 0 Å². The molecule has 0 fully saturated rings. The predicted molar refractivity (Wildman–Crippen MR) is 68.7 cm³/mol. The smallest absolute Gasteiger partial charge is 0.0990 e. The van der Waals surface area contributed by atoms with Crippen LogP contribution in [0.15, 0.2) is 30.3 Å². The molecule has 15 heavy (non-hydrogen) atoms. The van der Waals surface area contributed by atoms with Gasteiger partial charge in [-0.3, -0.25) is 5.41 Å². The molecule has 1 unspecified atom stereocenters. The van der Waals surface area contributed by atoms with E-state index in [-0.39, 0.29) is 11.8 Å². The van der Waals surface area contributed by atoms with Crippen molar-refractivity contribution in [2.24, 2.45) is 5.73 Å². The largest absolute Gasteiger partial charge is 0.387 e. The number of amidine groups is 1. The number of hydrogen-bond acceptors (Lipinski definition) is 2. The maximum atomic E-state index is 7.59. The molecule has 0 spiro atoms. The predicted octanol–water partition coefficient (Wildman–Crippen LogP) is 2.85. The average molecular weight is 222 g/mol. The van der Waals surface area contributed by atoms with Gasteiger partial charge in [-0.1, -0.05) is 37.3 Å². The van der Waals surface area contributed by atoms with Gasteiger partial charge in [-0.15, -0.1) is 0 Å². The molecule has 0 bridgehead atoms. The molecule has 2 nitrogen and oxygen atoms in total. The van der Waals surface area contributed by atoms with Crippen LogP contribution in [0.25, 0.3) is 0 Å². The first-order valence-corrected chi connectivity index (χ1v) is 6.37. The van der Waals surface area contributed by atoms with Crippen molar-refractivity contribution in [1.29, 1.82) is 5.41 Å². The molecule has 3 heteroatoms. The van der Waals surface area contributed by atoms with E-state index in [4.69, 9.17) is 11.1 Å². The van der Waals surface area contributed by atoms with Gasteiger partial charge in [0.05, 0.1) is 5.84 Å². The monoisotopic (exact) mass is 222 g/mol. The highest BCUT2D eigenvalue weighted by Gasteiger charge is 2.13. The zero-order chi connectivity index (χ0) is 11.1. The Balaban J connectivity index is 2.62. The Labute approximate surface area is 95.8 Å². The quantitative estimate of drug-likeness (QED) is 0.442.